The highest BCUT2D eigenvalue weighted by atomic mass is 16.7. The summed E-state index contributed by atoms with van der Waals surface area (Å²) >= 11 is 0. The molecule has 24 nitrogen and oxygen atoms in total. The monoisotopic (exact) mass is 1200 g/mol. The van der Waals surface area contributed by atoms with Gasteiger partial charge < -0.3 is 66.3 Å². The first-order chi connectivity index (χ1) is 40.9. The lowest BCUT2D eigenvalue weighted by Crippen LogP contribution is -2.63. The molecule has 0 amide bonds. The smallest absolute Gasteiger partial charge is 0.309 e. The number of hydrogen-bond acceptors (Lipinski definition) is 24. The highest BCUT2D eigenvalue weighted by Gasteiger charge is 2.55. The predicted octanol–water partition coefficient (Wildman–Crippen LogP) is 5.94. The van der Waals surface area contributed by atoms with Crippen LogP contribution in [0.4, 0.5) is 0 Å². The van der Waals surface area contributed by atoms with Crippen LogP contribution in [-0.2, 0) is 130 Å². The average molecular weight is 1200 g/mol. The maximum Gasteiger partial charge on any atom is 0.309 e. The van der Waals surface area contributed by atoms with Crippen molar-refractivity contribution in [2.45, 2.75) is 155 Å². The second-order valence-electron chi connectivity index (χ2n) is 20.1. The van der Waals surface area contributed by atoms with Crippen LogP contribution in [-0.4, -0.2) is 149 Å². The number of benzene rings is 4. The summed E-state index contributed by atoms with van der Waals surface area (Å²) in [4.78, 5) is 124. The summed E-state index contributed by atoms with van der Waals surface area (Å²) in [6.07, 6.45) is -12.3. The van der Waals surface area contributed by atoms with E-state index in [2.05, 4.69) is 0 Å². The van der Waals surface area contributed by atoms with Crippen molar-refractivity contribution in [3.8, 4) is 33.8 Å². The fourth-order valence-corrected chi connectivity index (χ4v) is 9.77. The first-order valence-corrected chi connectivity index (χ1v) is 27.4. The van der Waals surface area contributed by atoms with Gasteiger partial charge in [-0.25, -0.2) is 0 Å². The van der Waals surface area contributed by atoms with Crippen LogP contribution in [0.2, 0.25) is 0 Å². The number of ether oxygens (including phenoxy) is 14. The zero-order chi connectivity index (χ0) is 62.8. The predicted molar refractivity (Wildman–Crippen MR) is 297 cm³/mol. The zero-order valence-electron chi connectivity index (χ0n) is 49.3. The molecule has 0 unspecified atom stereocenters. The van der Waals surface area contributed by atoms with Gasteiger partial charge in [0.05, 0.1) is 27.1 Å². The molecule has 0 spiro atoms. The van der Waals surface area contributed by atoms with E-state index in [1.165, 1.54) is 14.2 Å². The molecule has 2 fully saturated rings. The minimum absolute atomic E-state index is 0.0520. The Bertz CT molecular complexity index is 2910. The number of rotatable bonds is 25. The molecule has 86 heavy (non-hydrogen) atoms. The molecule has 462 valence electrons. The Morgan fingerprint density at radius 2 is 0.721 bits per heavy atom. The van der Waals surface area contributed by atoms with Gasteiger partial charge >= 0.3 is 59.7 Å². The molecule has 2 aliphatic heterocycles. The first kappa shape index (κ1) is 66.2. The van der Waals surface area contributed by atoms with Gasteiger partial charge in [0.1, 0.15) is 36.9 Å². The van der Waals surface area contributed by atoms with Gasteiger partial charge in [-0.2, -0.15) is 0 Å². The largest absolute Gasteiger partial charge is 0.469 e. The van der Waals surface area contributed by atoms with Gasteiger partial charge in [0.15, 0.2) is 24.4 Å². The van der Waals surface area contributed by atoms with Crippen LogP contribution in [0.3, 0.4) is 0 Å². The van der Waals surface area contributed by atoms with Crippen LogP contribution in [0, 0.1) is 0 Å². The molecule has 0 N–H and O–H groups in total. The fourth-order valence-electron chi connectivity index (χ4n) is 9.77. The van der Waals surface area contributed by atoms with Crippen molar-refractivity contribution < 1.29 is 114 Å². The van der Waals surface area contributed by atoms with Crippen LogP contribution in [0.15, 0.2) is 84.9 Å². The molecule has 6 rings (SSSR count). The molecular weight excluding hydrogens is 1130 g/mol. The van der Waals surface area contributed by atoms with Crippen molar-refractivity contribution in [1.29, 1.82) is 0 Å². The van der Waals surface area contributed by atoms with E-state index >= 15 is 0 Å². The third kappa shape index (κ3) is 19.3. The van der Waals surface area contributed by atoms with Gasteiger partial charge in [-0.05, 0) is 83.3 Å². The van der Waals surface area contributed by atoms with Crippen LogP contribution < -0.4 is 9.47 Å². The maximum absolute atomic E-state index is 12.7. The number of unbranched alkanes of at least 4 members (excludes halogenated alkanes) is 1. The number of carbonyl (C=O) groups excluding carboxylic acids is 10. The Morgan fingerprint density at radius 1 is 0.384 bits per heavy atom. The van der Waals surface area contributed by atoms with E-state index in [-0.39, 0.29) is 24.3 Å². The molecule has 2 heterocycles. The normalized spacial score (nSPS) is 21.4. The van der Waals surface area contributed by atoms with E-state index in [1.807, 2.05) is 24.3 Å². The number of carbonyl (C=O) groups is 10. The van der Waals surface area contributed by atoms with Crippen LogP contribution in [0.25, 0.3) is 22.3 Å². The molecule has 0 radical (unpaired) electrons. The Balaban J connectivity index is 1.34. The second kappa shape index (κ2) is 31.3. The second-order valence-corrected chi connectivity index (χ2v) is 20.1. The van der Waals surface area contributed by atoms with E-state index in [9.17, 15) is 47.9 Å². The van der Waals surface area contributed by atoms with E-state index in [0.29, 0.717) is 59.1 Å². The average Bonchev–Trinajstić information content (AvgIpc) is 1.51. The van der Waals surface area contributed by atoms with Gasteiger partial charge in [-0.1, -0.05) is 60.7 Å². The quantitative estimate of drug-likeness (QED) is 0.0421. The lowest BCUT2D eigenvalue weighted by Gasteiger charge is -2.44. The van der Waals surface area contributed by atoms with Crippen LogP contribution in [0.5, 0.6) is 11.5 Å². The van der Waals surface area contributed by atoms with Crippen molar-refractivity contribution in [2.75, 3.05) is 27.4 Å². The molecule has 0 saturated carbocycles. The summed E-state index contributed by atoms with van der Waals surface area (Å²) in [5, 5.41) is 0. The molecule has 0 bridgehead atoms. The molecule has 4 aromatic carbocycles. The molecule has 2 aliphatic rings. The standard InChI is InChI=1S/C62H70O24/c1-33(63)75-31-51-55(77-35(3)65)57(79-37(5)67)59(81-39(7)69)61(85-51)83-49-23-21-41(27-47(49)45-19-13-17-43(25-45)29-53(71)73-9)15-11-12-16-42-22-24-50(48(28-42)46-20-14-18-44(26-46)30-54(72)74-10)84-62-60(82-40(8)70)58(80-38(6)68)56(78-36(4)66)52(86-62)32-76-34(2)64/h13-14,17-28,51-52,55-62H,11-12,15-16,29-32H2,1-10H3/t51-,52-,55-,56-,57+,58+,59+,60+,61+,62+/m1/s1. The zero-order valence-corrected chi connectivity index (χ0v) is 49.3. The van der Waals surface area contributed by atoms with Crippen molar-refractivity contribution in [2.24, 2.45) is 0 Å². The van der Waals surface area contributed by atoms with Crippen molar-refractivity contribution in [1.82, 2.24) is 0 Å². The van der Waals surface area contributed by atoms with E-state index < -0.39 is 134 Å². The van der Waals surface area contributed by atoms with Gasteiger partial charge in [0.2, 0.25) is 24.8 Å². The Kier molecular flexibility index (Phi) is 24.1. The van der Waals surface area contributed by atoms with Gasteiger partial charge in [0, 0.05) is 66.5 Å². The summed E-state index contributed by atoms with van der Waals surface area (Å²) in [6, 6.07) is 24.9. The lowest BCUT2D eigenvalue weighted by molar-refractivity contribution is -0.288. The third-order valence-electron chi connectivity index (χ3n) is 13.3. The molecule has 4 aromatic rings. The summed E-state index contributed by atoms with van der Waals surface area (Å²) in [6.45, 7) is 8.06. The minimum Gasteiger partial charge on any atom is -0.469 e. The summed E-state index contributed by atoms with van der Waals surface area (Å²) in [5.41, 5.74) is 5.14. The van der Waals surface area contributed by atoms with Crippen LogP contribution >= 0.6 is 0 Å². The Labute approximate surface area is 496 Å². The van der Waals surface area contributed by atoms with E-state index in [0.717, 1.165) is 66.5 Å². The summed E-state index contributed by atoms with van der Waals surface area (Å²) in [5.74, 6) is -6.82. The first-order valence-electron chi connectivity index (χ1n) is 27.4. The van der Waals surface area contributed by atoms with Crippen LogP contribution in [0.1, 0.15) is 90.5 Å². The number of esters is 10. The topological polar surface area (TPSA) is 300 Å². The minimum atomic E-state index is -1.55. The van der Waals surface area contributed by atoms with Gasteiger partial charge in [-0.3, -0.25) is 47.9 Å². The van der Waals surface area contributed by atoms with Gasteiger partial charge in [-0.15, -0.1) is 0 Å². The number of hydrogen-bond donors (Lipinski definition) is 0. The summed E-state index contributed by atoms with van der Waals surface area (Å²) in [7, 11) is 2.56. The SMILES string of the molecule is COC(=O)Cc1cccc(-c2cc(CCCCc3ccc(O[C@H]4O[C@H](COC(C)=O)[C@@H](OC(C)=O)[C@H](OC(C)=O)[C@@H]4OC(C)=O)c(-c4cccc(CC(=O)OC)c4)c3)ccc2O[C@H]2O[C@H](COC(C)=O)[C@@H](OC(C)=O)[C@H](OC(C)=O)[C@@H]2OC(C)=O)c1. The molecule has 2 saturated heterocycles. The molecule has 0 aromatic heterocycles. The van der Waals surface area contributed by atoms with Gasteiger partial charge in [0.25, 0.3) is 0 Å². The molecule has 10 atom stereocenters. The molecule has 24 heteroatoms. The number of methoxy groups -OCH3 is 2. The fraction of sp³-hybridized carbons (Fsp3) is 0.452. The Hall–Kier alpha value is -8.90. The highest BCUT2D eigenvalue weighted by molar-refractivity contribution is 5.78. The summed E-state index contributed by atoms with van der Waals surface area (Å²) < 4.78 is 79.8. The van der Waals surface area contributed by atoms with E-state index in [4.69, 9.17) is 66.3 Å². The maximum atomic E-state index is 12.7. The molecule has 0 aliphatic carbocycles. The van der Waals surface area contributed by atoms with Crippen molar-refractivity contribution >= 4 is 59.7 Å². The Morgan fingerprint density at radius 3 is 1.05 bits per heavy atom. The third-order valence-corrected chi connectivity index (χ3v) is 13.3. The van der Waals surface area contributed by atoms with Crippen molar-refractivity contribution in [3.63, 3.8) is 0 Å². The highest BCUT2D eigenvalue weighted by Crippen LogP contribution is 2.39. The van der Waals surface area contributed by atoms with E-state index in [1.54, 1.807) is 60.7 Å². The lowest BCUT2D eigenvalue weighted by atomic mass is 9.95. The molecular formula is C62H70O24. The number of aryl methyl sites for hydroxylation is 2. The van der Waals surface area contributed by atoms with Crippen molar-refractivity contribution in [3.05, 3.63) is 107 Å².